The fourth-order valence-corrected chi connectivity index (χ4v) is 5.67. The van der Waals surface area contributed by atoms with E-state index in [1.54, 1.807) is 42.6 Å². The average Bonchev–Trinajstić information content (AvgIpc) is 3.44. The lowest BCUT2D eigenvalue weighted by Crippen LogP contribution is -2.45. The van der Waals surface area contributed by atoms with Crippen LogP contribution >= 0.6 is 11.6 Å². The molecule has 0 N–H and O–H groups in total. The first kappa shape index (κ1) is 23.0. The minimum Gasteiger partial charge on any atom is -0.365 e. The summed E-state index contributed by atoms with van der Waals surface area (Å²) in [6.45, 7) is 1.70. The Balaban J connectivity index is 1.28. The van der Waals surface area contributed by atoms with Crippen molar-refractivity contribution in [1.82, 2.24) is 9.47 Å². The van der Waals surface area contributed by atoms with Crippen molar-refractivity contribution in [3.05, 3.63) is 106 Å². The molecule has 0 bridgehead atoms. The second-order valence-corrected chi connectivity index (χ2v) is 9.90. The highest BCUT2D eigenvalue weighted by Gasteiger charge is 2.43. The predicted molar refractivity (Wildman–Crippen MR) is 136 cm³/mol. The smallest absolute Gasteiger partial charge is 0.256 e. The summed E-state index contributed by atoms with van der Waals surface area (Å²) in [4.78, 5) is 28.7. The number of piperidine rings is 1. The molecule has 1 amide bonds. The van der Waals surface area contributed by atoms with Crippen molar-refractivity contribution in [3.63, 3.8) is 0 Å². The first-order chi connectivity index (χ1) is 17.4. The first-order valence-electron chi connectivity index (χ1n) is 12.0. The number of amides is 1. The molecule has 7 heteroatoms. The molecule has 0 radical (unpaired) electrons. The molecule has 6 rings (SSSR count). The van der Waals surface area contributed by atoms with Crippen LogP contribution < -0.4 is 0 Å². The lowest BCUT2D eigenvalue weighted by Gasteiger charge is -2.39. The number of ether oxygens (including phenoxy) is 1. The van der Waals surface area contributed by atoms with Crippen molar-refractivity contribution in [3.8, 4) is 0 Å². The number of aromatic nitrogens is 1. The monoisotopic (exact) mass is 502 g/mol. The van der Waals surface area contributed by atoms with E-state index in [0.29, 0.717) is 59.6 Å². The Hall–Kier alpha value is -3.48. The van der Waals surface area contributed by atoms with Crippen LogP contribution in [0.3, 0.4) is 0 Å². The average molecular weight is 503 g/mol. The predicted octanol–water partition coefficient (Wildman–Crippen LogP) is 5.98. The minimum absolute atomic E-state index is 0.125. The molecule has 4 aromatic rings. The first-order valence-corrected chi connectivity index (χ1v) is 12.4. The molecular weight excluding hydrogens is 479 g/mol. The van der Waals surface area contributed by atoms with Crippen molar-refractivity contribution in [2.45, 2.75) is 31.5 Å². The van der Waals surface area contributed by atoms with E-state index in [2.05, 4.69) is 12.1 Å². The van der Waals surface area contributed by atoms with Gasteiger partial charge in [0.2, 0.25) is 5.91 Å². The van der Waals surface area contributed by atoms with Crippen molar-refractivity contribution in [2.24, 2.45) is 0 Å². The van der Waals surface area contributed by atoms with Crippen LogP contribution in [0.15, 0.2) is 72.9 Å². The zero-order valence-corrected chi connectivity index (χ0v) is 20.3. The van der Waals surface area contributed by atoms with Crippen LogP contribution in [0.25, 0.3) is 10.9 Å². The maximum absolute atomic E-state index is 14.2. The topological polar surface area (TPSA) is 51.5 Å². The number of halogens is 2. The third kappa shape index (κ3) is 3.81. The highest BCUT2D eigenvalue weighted by molar-refractivity contribution is 6.31. The number of benzene rings is 3. The van der Waals surface area contributed by atoms with Crippen LogP contribution in [0.5, 0.6) is 0 Å². The van der Waals surface area contributed by atoms with Gasteiger partial charge in [-0.3, -0.25) is 14.2 Å². The van der Waals surface area contributed by atoms with Crippen LogP contribution in [0.1, 0.15) is 44.7 Å². The molecule has 3 heterocycles. The summed E-state index contributed by atoms with van der Waals surface area (Å²) in [7, 11) is 0. The maximum atomic E-state index is 14.2. The standard InChI is InChI=1S/C29H24ClFN2O3/c30-21-9-10-22-23(17-33(26(22)16-21)27(34)15-19-5-2-4-8-25(19)31)28(35)32-13-11-29(12-14-32)24-7-3-1-6-20(24)18-36-29/h1-10,16-17H,11-15,18H2. The summed E-state index contributed by atoms with van der Waals surface area (Å²) >= 11 is 6.23. The zero-order chi connectivity index (χ0) is 24.9. The normalized spacial score (nSPS) is 16.4. The molecule has 0 atom stereocenters. The molecule has 1 saturated heterocycles. The minimum atomic E-state index is -0.436. The maximum Gasteiger partial charge on any atom is 0.256 e. The summed E-state index contributed by atoms with van der Waals surface area (Å²) in [5.74, 6) is -0.907. The molecule has 0 aliphatic carbocycles. The van der Waals surface area contributed by atoms with Gasteiger partial charge in [-0.05, 0) is 47.7 Å². The van der Waals surface area contributed by atoms with Crippen LogP contribution in [0, 0.1) is 5.82 Å². The van der Waals surface area contributed by atoms with E-state index in [1.807, 2.05) is 17.0 Å². The summed E-state index contributed by atoms with van der Waals surface area (Å²) in [6, 6.07) is 19.6. The van der Waals surface area contributed by atoms with Crippen molar-refractivity contribution >= 4 is 34.3 Å². The molecule has 0 unspecified atom stereocenters. The number of rotatable bonds is 3. The SMILES string of the molecule is O=C(c1cn(C(=O)Cc2ccccc2F)c2cc(Cl)ccc12)N1CCC2(CC1)OCc1ccccc12. The highest BCUT2D eigenvalue weighted by Crippen LogP contribution is 2.44. The second-order valence-electron chi connectivity index (χ2n) is 9.47. The lowest BCUT2D eigenvalue weighted by molar-refractivity contribution is -0.0741. The Bertz CT molecular complexity index is 1500. The highest BCUT2D eigenvalue weighted by atomic mass is 35.5. The van der Waals surface area contributed by atoms with Gasteiger partial charge in [-0.15, -0.1) is 0 Å². The Morgan fingerprint density at radius 3 is 2.56 bits per heavy atom. The van der Waals surface area contributed by atoms with E-state index in [4.69, 9.17) is 16.3 Å². The molecule has 1 fully saturated rings. The summed E-state index contributed by atoms with van der Waals surface area (Å²) < 4.78 is 21.8. The molecular formula is C29H24ClFN2O3. The number of carbonyl (C=O) groups is 2. The van der Waals surface area contributed by atoms with Crippen molar-refractivity contribution < 1.29 is 18.7 Å². The fourth-order valence-electron chi connectivity index (χ4n) is 5.51. The molecule has 2 aliphatic heterocycles. The van der Waals surface area contributed by atoms with Gasteiger partial charge >= 0.3 is 0 Å². The van der Waals surface area contributed by atoms with Crippen molar-refractivity contribution in [1.29, 1.82) is 0 Å². The van der Waals surface area contributed by atoms with E-state index in [1.165, 1.54) is 21.8 Å². The molecule has 0 saturated carbocycles. The van der Waals surface area contributed by atoms with E-state index in [-0.39, 0.29) is 23.8 Å². The molecule has 3 aromatic carbocycles. The van der Waals surface area contributed by atoms with Gasteiger partial charge in [-0.2, -0.15) is 0 Å². The lowest BCUT2D eigenvalue weighted by atomic mass is 9.83. The van der Waals surface area contributed by atoms with E-state index >= 15 is 0 Å². The number of nitrogens with zero attached hydrogens (tertiary/aromatic N) is 2. The fraction of sp³-hybridized carbons (Fsp3) is 0.241. The van der Waals surface area contributed by atoms with Gasteiger partial charge in [0, 0.05) is 29.7 Å². The summed E-state index contributed by atoms with van der Waals surface area (Å²) in [6.07, 6.45) is 2.87. The molecule has 1 aromatic heterocycles. The quantitative estimate of drug-likeness (QED) is 0.346. The molecule has 2 aliphatic rings. The summed E-state index contributed by atoms with van der Waals surface area (Å²) in [5.41, 5.74) is 3.37. The van der Waals surface area contributed by atoms with Gasteiger partial charge in [0.1, 0.15) is 5.82 Å². The van der Waals surface area contributed by atoms with Crippen LogP contribution in [0.2, 0.25) is 5.02 Å². The van der Waals surface area contributed by atoms with E-state index < -0.39 is 5.82 Å². The molecule has 182 valence electrons. The Kier molecular flexibility index (Phi) is 5.66. The zero-order valence-electron chi connectivity index (χ0n) is 19.5. The molecule has 36 heavy (non-hydrogen) atoms. The number of fused-ring (bicyclic) bond motifs is 3. The van der Waals surface area contributed by atoms with Gasteiger partial charge in [0.15, 0.2) is 0 Å². The molecule has 1 spiro atoms. The van der Waals surface area contributed by atoms with Crippen LogP contribution in [0.4, 0.5) is 4.39 Å². The Morgan fingerprint density at radius 1 is 1.00 bits per heavy atom. The van der Waals surface area contributed by atoms with Crippen molar-refractivity contribution in [2.75, 3.05) is 13.1 Å². The Labute approximate surface area is 213 Å². The van der Waals surface area contributed by atoms with Gasteiger partial charge in [-0.1, -0.05) is 60.1 Å². The van der Waals surface area contributed by atoms with Gasteiger partial charge in [0.25, 0.3) is 5.91 Å². The molecule has 5 nitrogen and oxygen atoms in total. The van der Waals surface area contributed by atoms with Gasteiger partial charge in [0.05, 0.1) is 29.7 Å². The third-order valence-corrected chi connectivity index (χ3v) is 7.67. The number of hydrogen-bond acceptors (Lipinski definition) is 3. The van der Waals surface area contributed by atoms with Crippen LogP contribution in [-0.2, 0) is 23.4 Å². The third-order valence-electron chi connectivity index (χ3n) is 7.44. The number of carbonyl (C=O) groups excluding carboxylic acids is 2. The van der Waals surface area contributed by atoms with E-state index in [0.717, 1.165) is 0 Å². The second kappa shape index (κ2) is 8.87. The van der Waals surface area contributed by atoms with Gasteiger partial charge in [-0.25, -0.2) is 4.39 Å². The number of hydrogen-bond donors (Lipinski definition) is 0. The van der Waals surface area contributed by atoms with E-state index in [9.17, 15) is 14.0 Å². The summed E-state index contributed by atoms with van der Waals surface area (Å²) in [5, 5.41) is 1.10. The van der Waals surface area contributed by atoms with Gasteiger partial charge < -0.3 is 9.64 Å². The number of likely N-dealkylation sites (tertiary alicyclic amines) is 1. The largest absolute Gasteiger partial charge is 0.365 e. The Morgan fingerprint density at radius 2 is 1.75 bits per heavy atom. The van der Waals surface area contributed by atoms with Crippen LogP contribution in [-0.4, -0.2) is 34.4 Å².